The third-order valence-corrected chi connectivity index (χ3v) is 3.53. The first-order chi connectivity index (χ1) is 10.5. The van der Waals surface area contributed by atoms with E-state index in [4.69, 9.17) is 9.84 Å². The average Bonchev–Trinajstić information content (AvgIpc) is 2.48. The number of morpholine rings is 1. The van der Waals surface area contributed by atoms with Gasteiger partial charge in [0.1, 0.15) is 0 Å². The lowest BCUT2D eigenvalue weighted by atomic mass is 10.1. The van der Waals surface area contributed by atoms with E-state index in [1.165, 1.54) is 17.0 Å². The summed E-state index contributed by atoms with van der Waals surface area (Å²) < 4.78 is 31.9. The molecule has 1 amide bonds. The predicted octanol–water partition coefficient (Wildman–Crippen LogP) is 1.60. The van der Waals surface area contributed by atoms with E-state index in [1.54, 1.807) is 0 Å². The van der Waals surface area contributed by atoms with Crippen molar-refractivity contribution in [2.24, 2.45) is 0 Å². The molecule has 0 bridgehead atoms. The molecule has 1 heterocycles. The molecule has 1 aliphatic heterocycles. The van der Waals surface area contributed by atoms with Crippen LogP contribution in [0.5, 0.6) is 0 Å². The van der Waals surface area contributed by atoms with E-state index >= 15 is 0 Å². The Bertz CT molecular complexity index is 564. The summed E-state index contributed by atoms with van der Waals surface area (Å²) >= 11 is 0. The fourth-order valence-electron chi connectivity index (χ4n) is 2.41. The lowest BCUT2D eigenvalue weighted by Gasteiger charge is -2.32. The lowest BCUT2D eigenvalue weighted by Crippen LogP contribution is -2.46. The first-order valence-electron chi connectivity index (χ1n) is 7.01. The van der Waals surface area contributed by atoms with Crippen LogP contribution in [0.25, 0.3) is 0 Å². The molecule has 1 aromatic rings. The van der Waals surface area contributed by atoms with Crippen LogP contribution in [-0.2, 0) is 20.7 Å². The molecule has 7 heteroatoms. The highest BCUT2D eigenvalue weighted by atomic mass is 19.2. The molecule has 1 fully saturated rings. The number of hydrogen-bond acceptors (Lipinski definition) is 3. The number of aliphatic carboxylic acids is 1. The summed E-state index contributed by atoms with van der Waals surface area (Å²) in [6.07, 6.45) is -0.549. The van der Waals surface area contributed by atoms with Gasteiger partial charge in [0.05, 0.1) is 19.1 Å². The summed E-state index contributed by atoms with van der Waals surface area (Å²) in [6, 6.07) is 3.87. The van der Waals surface area contributed by atoms with Crippen LogP contribution >= 0.6 is 0 Å². The van der Waals surface area contributed by atoms with Crippen LogP contribution in [0.3, 0.4) is 0 Å². The number of hydrogen-bond donors (Lipinski definition) is 1. The Morgan fingerprint density at radius 2 is 2.14 bits per heavy atom. The van der Waals surface area contributed by atoms with Crippen molar-refractivity contribution in [1.29, 1.82) is 0 Å². The molecule has 0 spiro atoms. The van der Waals surface area contributed by atoms with Gasteiger partial charge in [0.15, 0.2) is 11.6 Å². The number of halogens is 2. The molecule has 0 aromatic heterocycles. The first kappa shape index (κ1) is 16.4. The van der Waals surface area contributed by atoms with Crippen molar-refractivity contribution >= 4 is 11.9 Å². The number of aryl methyl sites for hydroxylation is 1. The molecule has 1 saturated heterocycles. The monoisotopic (exact) mass is 313 g/mol. The van der Waals surface area contributed by atoms with Crippen molar-refractivity contribution in [1.82, 2.24) is 4.90 Å². The number of amides is 1. The van der Waals surface area contributed by atoms with Crippen LogP contribution in [0.1, 0.15) is 18.4 Å². The van der Waals surface area contributed by atoms with E-state index in [9.17, 15) is 18.4 Å². The normalized spacial score (nSPS) is 18.3. The standard InChI is InChI=1S/C15H17F2NO4/c16-12-3-1-2-10(15(12)17)4-5-13(19)18-6-7-22-11(9-18)8-14(20)21/h1-3,11H,4-9H2,(H,20,21). The molecule has 2 rings (SSSR count). The highest BCUT2D eigenvalue weighted by Crippen LogP contribution is 2.15. The SMILES string of the molecule is O=C(O)CC1CN(C(=O)CCc2cccc(F)c2F)CCO1. The van der Waals surface area contributed by atoms with Gasteiger partial charge in [0.2, 0.25) is 5.91 Å². The van der Waals surface area contributed by atoms with Crippen LogP contribution in [0, 0.1) is 11.6 Å². The number of rotatable bonds is 5. The van der Waals surface area contributed by atoms with Crippen molar-refractivity contribution in [2.45, 2.75) is 25.4 Å². The number of carboxylic acid groups (broad SMARTS) is 1. The van der Waals surface area contributed by atoms with Gasteiger partial charge >= 0.3 is 5.97 Å². The maximum Gasteiger partial charge on any atom is 0.306 e. The van der Waals surface area contributed by atoms with E-state index in [-0.39, 0.29) is 43.9 Å². The zero-order chi connectivity index (χ0) is 16.1. The number of ether oxygens (including phenoxy) is 1. The van der Waals surface area contributed by atoms with Gasteiger partial charge in [-0.3, -0.25) is 9.59 Å². The molecule has 0 radical (unpaired) electrons. The highest BCUT2D eigenvalue weighted by molar-refractivity contribution is 5.76. The Hall–Kier alpha value is -2.02. The van der Waals surface area contributed by atoms with Gasteiger partial charge in [-0.2, -0.15) is 0 Å². The number of benzene rings is 1. The van der Waals surface area contributed by atoms with Gasteiger partial charge in [-0.15, -0.1) is 0 Å². The maximum atomic E-state index is 13.5. The van der Waals surface area contributed by atoms with E-state index in [0.717, 1.165) is 6.07 Å². The molecule has 1 aliphatic rings. The van der Waals surface area contributed by atoms with Crippen LogP contribution in [0.2, 0.25) is 0 Å². The lowest BCUT2D eigenvalue weighted by molar-refractivity contribution is -0.147. The average molecular weight is 313 g/mol. The van der Waals surface area contributed by atoms with E-state index in [0.29, 0.717) is 6.54 Å². The third-order valence-electron chi connectivity index (χ3n) is 3.53. The number of carbonyl (C=O) groups is 2. The Morgan fingerprint density at radius 3 is 2.86 bits per heavy atom. The molecule has 0 aliphatic carbocycles. The zero-order valence-corrected chi connectivity index (χ0v) is 11.9. The molecule has 0 saturated carbocycles. The summed E-state index contributed by atoms with van der Waals surface area (Å²) in [5, 5.41) is 8.74. The predicted molar refractivity (Wildman–Crippen MR) is 73.3 cm³/mol. The second-order valence-electron chi connectivity index (χ2n) is 5.14. The maximum absolute atomic E-state index is 13.5. The summed E-state index contributed by atoms with van der Waals surface area (Å²) in [6.45, 7) is 0.857. The van der Waals surface area contributed by atoms with Gasteiger partial charge in [-0.1, -0.05) is 12.1 Å². The molecule has 1 N–H and O–H groups in total. The molecule has 1 unspecified atom stereocenters. The van der Waals surface area contributed by atoms with Gasteiger partial charge in [0.25, 0.3) is 0 Å². The quantitative estimate of drug-likeness (QED) is 0.896. The molecule has 1 atom stereocenters. The van der Waals surface area contributed by atoms with Crippen molar-refractivity contribution in [3.8, 4) is 0 Å². The molecule has 120 valence electrons. The van der Waals surface area contributed by atoms with E-state index in [1.807, 2.05) is 0 Å². The van der Waals surface area contributed by atoms with E-state index in [2.05, 4.69) is 0 Å². The van der Waals surface area contributed by atoms with E-state index < -0.39 is 23.7 Å². The van der Waals surface area contributed by atoms with Crippen LogP contribution in [-0.4, -0.2) is 47.7 Å². The highest BCUT2D eigenvalue weighted by Gasteiger charge is 2.25. The number of carboxylic acids is 1. The minimum absolute atomic E-state index is 0.0418. The molecular weight excluding hydrogens is 296 g/mol. The van der Waals surface area contributed by atoms with Crippen molar-refractivity contribution in [3.05, 3.63) is 35.4 Å². The summed E-state index contributed by atoms with van der Waals surface area (Å²) in [5.74, 6) is -3.07. The molecule has 1 aromatic carbocycles. The fourth-order valence-corrected chi connectivity index (χ4v) is 2.41. The minimum Gasteiger partial charge on any atom is -0.481 e. The smallest absolute Gasteiger partial charge is 0.306 e. The molecule has 22 heavy (non-hydrogen) atoms. The van der Waals surface area contributed by atoms with Crippen molar-refractivity contribution < 1.29 is 28.2 Å². The second kappa shape index (κ2) is 7.31. The third kappa shape index (κ3) is 4.24. The van der Waals surface area contributed by atoms with Crippen LogP contribution < -0.4 is 0 Å². The van der Waals surface area contributed by atoms with Gasteiger partial charge in [-0.25, -0.2) is 8.78 Å². The Labute approximate surface area is 126 Å². The first-order valence-corrected chi connectivity index (χ1v) is 7.01. The fraction of sp³-hybridized carbons (Fsp3) is 0.467. The van der Waals surface area contributed by atoms with Crippen molar-refractivity contribution in [3.63, 3.8) is 0 Å². The van der Waals surface area contributed by atoms with Crippen LogP contribution in [0.4, 0.5) is 8.78 Å². The summed E-state index contributed by atoms with van der Waals surface area (Å²) in [4.78, 5) is 24.3. The Kier molecular flexibility index (Phi) is 5.43. The molecular formula is C15H17F2NO4. The Balaban J connectivity index is 1.89. The summed E-state index contributed by atoms with van der Waals surface area (Å²) in [5.41, 5.74) is 0.156. The number of carbonyl (C=O) groups excluding carboxylic acids is 1. The van der Waals surface area contributed by atoms with Gasteiger partial charge < -0.3 is 14.7 Å². The number of nitrogens with zero attached hydrogens (tertiary/aromatic N) is 1. The second-order valence-corrected chi connectivity index (χ2v) is 5.14. The summed E-state index contributed by atoms with van der Waals surface area (Å²) in [7, 11) is 0. The van der Waals surface area contributed by atoms with Gasteiger partial charge in [0, 0.05) is 19.5 Å². The zero-order valence-electron chi connectivity index (χ0n) is 11.9. The molecule has 5 nitrogen and oxygen atoms in total. The van der Waals surface area contributed by atoms with Crippen LogP contribution in [0.15, 0.2) is 18.2 Å². The van der Waals surface area contributed by atoms with Gasteiger partial charge in [-0.05, 0) is 18.1 Å². The van der Waals surface area contributed by atoms with Crippen molar-refractivity contribution in [2.75, 3.05) is 19.7 Å². The minimum atomic E-state index is -0.985. The Morgan fingerprint density at radius 1 is 1.36 bits per heavy atom. The largest absolute Gasteiger partial charge is 0.481 e. The topological polar surface area (TPSA) is 66.8 Å².